The SMILES string of the molecule is CCCSc1nc(N(C)c2ccc(OC)cc2)c2[nH]c(=O)n(Cc3ccc(F)cc3F)c2n1. The van der Waals surface area contributed by atoms with Gasteiger partial charge in [-0.2, -0.15) is 0 Å². The van der Waals surface area contributed by atoms with Crippen LogP contribution in [0.1, 0.15) is 18.9 Å². The van der Waals surface area contributed by atoms with Crippen molar-refractivity contribution in [2.45, 2.75) is 25.0 Å². The molecule has 0 radical (unpaired) electrons. The molecule has 0 aliphatic rings. The van der Waals surface area contributed by atoms with E-state index in [0.29, 0.717) is 22.1 Å². The van der Waals surface area contributed by atoms with Crippen molar-refractivity contribution in [2.75, 3.05) is 24.8 Å². The van der Waals surface area contributed by atoms with E-state index in [1.54, 1.807) is 7.11 Å². The smallest absolute Gasteiger partial charge is 0.328 e. The summed E-state index contributed by atoms with van der Waals surface area (Å²) >= 11 is 1.48. The van der Waals surface area contributed by atoms with Crippen molar-refractivity contribution >= 4 is 34.4 Å². The number of rotatable bonds is 8. The molecule has 2 aromatic heterocycles. The lowest BCUT2D eigenvalue weighted by atomic mass is 10.2. The maximum absolute atomic E-state index is 14.3. The van der Waals surface area contributed by atoms with E-state index >= 15 is 0 Å². The number of ether oxygens (including phenoxy) is 1. The summed E-state index contributed by atoms with van der Waals surface area (Å²) in [7, 11) is 3.44. The second-order valence-electron chi connectivity index (χ2n) is 7.39. The third kappa shape index (κ3) is 4.70. The molecular weight excluding hydrogens is 448 g/mol. The maximum atomic E-state index is 14.3. The highest BCUT2D eigenvalue weighted by Gasteiger charge is 2.20. The van der Waals surface area contributed by atoms with Gasteiger partial charge in [-0.05, 0) is 36.8 Å². The Labute approximate surface area is 193 Å². The first kappa shape index (κ1) is 22.8. The van der Waals surface area contributed by atoms with Gasteiger partial charge in [0.1, 0.15) is 22.9 Å². The molecule has 2 heterocycles. The van der Waals surface area contributed by atoms with Gasteiger partial charge in [0, 0.05) is 30.1 Å². The van der Waals surface area contributed by atoms with Gasteiger partial charge in [-0.15, -0.1) is 0 Å². The van der Waals surface area contributed by atoms with E-state index in [2.05, 4.69) is 21.9 Å². The Bertz CT molecular complexity index is 1340. The van der Waals surface area contributed by atoms with Crippen LogP contribution in [0.3, 0.4) is 0 Å². The largest absolute Gasteiger partial charge is 0.497 e. The van der Waals surface area contributed by atoms with Crippen molar-refractivity contribution in [1.29, 1.82) is 0 Å². The number of thioether (sulfide) groups is 1. The Morgan fingerprint density at radius 2 is 1.91 bits per heavy atom. The molecule has 0 saturated heterocycles. The molecule has 33 heavy (non-hydrogen) atoms. The number of halogens is 2. The fourth-order valence-electron chi connectivity index (χ4n) is 3.39. The molecule has 0 spiro atoms. The first-order valence-corrected chi connectivity index (χ1v) is 11.3. The number of hydrogen-bond donors (Lipinski definition) is 1. The average molecular weight is 472 g/mol. The number of benzene rings is 2. The van der Waals surface area contributed by atoms with Gasteiger partial charge in [-0.1, -0.05) is 24.8 Å². The minimum absolute atomic E-state index is 0.0917. The Morgan fingerprint density at radius 1 is 1.15 bits per heavy atom. The normalized spacial score (nSPS) is 11.2. The third-order valence-electron chi connectivity index (χ3n) is 5.14. The van der Waals surface area contributed by atoms with E-state index in [4.69, 9.17) is 4.74 Å². The molecule has 4 aromatic rings. The lowest BCUT2D eigenvalue weighted by Crippen LogP contribution is -2.18. The van der Waals surface area contributed by atoms with Gasteiger partial charge in [-0.25, -0.2) is 23.5 Å². The molecule has 1 N–H and O–H groups in total. The molecule has 0 aliphatic heterocycles. The van der Waals surface area contributed by atoms with E-state index in [1.165, 1.54) is 28.5 Å². The standard InChI is InChI=1S/C23H23F2N5O2S/c1-4-11-33-22-27-20(29(2)16-7-9-17(32-3)10-8-16)19-21(28-22)30(23(31)26-19)13-14-5-6-15(24)12-18(14)25/h5-10,12H,4,11,13H2,1-3H3,(H,26,31). The van der Waals surface area contributed by atoms with Crippen molar-refractivity contribution in [3.05, 3.63) is 70.1 Å². The van der Waals surface area contributed by atoms with Crippen LogP contribution in [0.5, 0.6) is 5.75 Å². The van der Waals surface area contributed by atoms with Gasteiger partial charge >= 0.3 is 5.69 Å². The number of nitrogens with one attached hydrogen (secondary N) is 1. The summed E-state index contributed by atoms with van der Waals surface area (Å²) < 4.78 is 34.2. The number of fused-ring (bicyclic) bond motifs is 1. The van der Waals surface area contributed by atoms with Crippen LogP contribution in [0, 0.1) is 11.6 Å². The lowest BCUT2D eigenvalue weighted by molar-refractivity contribution is 0.415. The zero-order chi connectivity index (χ0) is 23.5. The predicted molar refractivity (Wildman–Crippen MR) is 126 cm³/mol. The Hall–Kier alpha value is -3.40. The lowest BCUT2D eigenvalue weighted by Gasteiger charge is -2.20. The summed E-state index contributed by atoms with van der Waals surface area (Å²) in [6.07, 6.45) is 0.927. The van der Waals surface area contributed by atoms with Gasteiger partial charge < -0.3 is 14.6 Å². The number of nitrogens with zero attached hydrogens (tertiary/aromatic N) is 4. The first-order valence-electron chi connectivity index (χ1n) is 10.4. The third-order valence-corrected chi connectivity index (χ3v) is 6.19. The van der Waals surface area contributed by atoms with Crippen molar-refractivity contribution in [1.82, 2.24) is 19.5 Å². The van der Waals surface area contributed by atoms with Gasteiger partial charge in [0.15, 0.2) is 16.6 Å². The summed E-state index contributed by atoms with van der Waals surface area (Å²) in [6.45, 7) is 1.96. The van der Waals surface area contributed by atoms with E-state index in [9.17, 15) is 13.6 Å². The van der Waals surface area contributed by atoms with Gasteiger partial charge in [0.2, 0.25) is 0 Å². The predicted octanol–water partition coefficient (Wildman–Crippen LogP) is 4.72. The van der Waals surface area contributed by atoms with Gasteiger partial charge in [0.05, 0.1) is 13.7 Å². The van der Waals surface area contributed by atoms with Crippen LogP contribution < -0.4 is 15.3 Å². The average Bonchev–Trinajstić information content (AvgIpc) is 3.13. The molecule has 0 bridgehead atoms. The van der Waals surface area contributed by atoms with E-state index in [-0.39, 0.29) is 12.1 Å². The molecule has 0 amide bonds. The fraction of sp³-hybridized carbons (Fsp3) is 0.261. The van der Waals surface area contributed by atoms with Crippen molar-refractivity contribution in [3.8, 4) is 5.75 Å². The molecule has 172 valence electrons. The molecule has 0 fully saturated rings. The van der Waals surface area contributed by atoms with Crippen LogP contribution >= 0.6 is 11.8 Å². The minimum Gasteiger partial charge on any atom is -0.497 e. The van der Waals surface area contributed by atoms with Crippen LogP contribution in [0.15, 0.2) is 52.4 Å². The number of aromatic nitrogens is 4. The van der Waals surface area contributed by atoms with Crippen LogP contribution in [0.25, 0.3) is 11.2 Å². The van der Waals surface area contributed by atoms with Crippen LogP contribution in [0.2, 0.25) is 0 Å². The molecule has 7 nitrogen and oxygen atoms in total. The summed E-state index contributed by atoms with van der Waals surface area (Å²) in [5, 5.41) is 0.507. The fourth-order valence-corrected chi connectivity index (χ4v) is 4.08. The van der Waals surface area contributed by atoms with E-state index < -0.39 is 17.3 Å². The number of aromatic amines is 1. The number of H-pyrrole nitrogens is 1. The number of anilines is 2. The van der Waals surface area contributed by atoms with Crippen molar-refractivity contribution in [3.63, 3.8) is 0 Å². The minimum atomic E-state index is -0.721. The second kappa shape index (κ2) is 9.62. The first-order chi connectivity index (χ1) is 15.9. The highest BCUT2D eigenvalue weighted by Crippen LogP contribution is 2.31. The number of methoxy groups -OCH3 is 1. The highest BCUT2D eigenvalue weighted by molar-refractivity contribution is 7.99. The number of imidazole rings is 1. The monoisotopic (exact) mass is 471 g/mol. The summed E-state index contributed by atoms with van der Waals surface area (Å²) in [6, 6.07) is 10.7. The highest BCUT2D eigenvalue weighted by atomic mass is 32.2. The molecule has 0 aliphatic carbocycles. The molecule has 2 aromatic carbocycles. The Morgan fingerprint density at radius 3 is 2.58 bits per heavy atom. The van der Waals surface area contributed by atoms with E-state index in [1.807, 2.05) is 36.2 Å². The molecule has 4 rings (SSSR count). The molecule has 0 atom stereocenters. The van der Waals surface area contributed by atoms with Crippen LogP contribution in [0.4, 0.5) is 20.3 Å². The van der Waals surface area contributed by atoms with Crippen LogP contribution in [-0.4, -0.2) is 39.4 Å². The molecule has 10 heteroatoms. The Kier molecular flexibility index (Phi) is 6.64. The van der Waals surface area contributed by atoms with Crippen molar-refractivity contribution < 1.29 is 13.5 Å². The topological polar surface area (TPSA) is 76.0 Å². The van der Waals surface area contributed by atoms with Gasteiger partial charge in [0.25, 0.3) is 0 Å². The zero-order valence-electron chi connectivity index (χ0n) is 18.4. The quantitative estimate of drug-likeness (QED) is 0.296. The number of hydrogen-bond acceptors (Lipinski definition) is 6. The molecule has 0 unspecified atom stereocenters. The summed E-state index contributed by atoms with van der Waals surface area (Å²) in [4.78, 5) is 26.8. The van der Waals surface area contributed by atoms with Crippen molar-refractivity contribution in [2.24, 2.45) is 0 Å². The summed E-state index contributed by atoms with van der Waals surface area (Å²) in [5.41, 5.74) is 1.35. The zero-order valence-corrected chi connectivity index (χ0v) is 19.2. The molecule has 0 saturated carbocycles. The summed E-state index contributed by atoms with van der Waals surface area (Å²) in [5.74, 6) is 0.644. The Balaban J connectivity index is 1.83. The van der Waals surface area contributed by atoms with Crippen LogP contribution in [-0.2, 0) is 6.54 Å². The molecular formula is C23H23F2N5O2S. The van der Waals surface area contributed by atoms with E-state index in [0.717, 1.165) is 29.7 Å². The maximum Gasteiger partial charge on any atom is 0.328 e. The second-order valence-corrected chi connectivity index (χ2v) is 8.45. The van der Waals surface area contributed by atoms with Gasteiger partial charge in [-0.3, -0.25) is 4.57 Å².